The molecule has 1 aliphatic heterocycles. The lowest BCUT2D eigenvalue weighted by Crippen LogP contribution is -2.60. The van der Waals surface area contributed by atoms with Crippen LogP contribution in [0.4, 0.5) is 19.0 Å². The zero-order valence-electron chi connectivity index (χ0n) is 21.4. The molecule has 1 N–H and O–H groups in total. The fourth-order valence-electron chi connectivity index (χ4n) is 4.98. The summed E-state index contributed by atoms with van der Waals surface area (Å²) in [7, 11) is 1.56. The third-order valence-electron chi connectivity index (χ3n) is 6.99. The van der Waals surface area contributed by atoms with Gasteiger partial charge in [-0.1, -0.05) is 19.1 Å². The van der Waals surface area contributed by atoms with Crippen LogP contribution in [0.2, 0.25) is 0 Å². The number of carbonyl (C=O) groups is 1. The van der Waals surface area contributed by atoms with E-state index < -0.39 is 29.4 Å². The number of nitrogens with one attached hydrogen (secondary N) is 1. The predicted molar refractivity (Wildman–Crippen MR) is 135 cm³/mol. The number of nitriles is 2. The van der Waals surface area contributed by atoms with Crippen LogP contribution < -0.4 is 15.9 Å². The van der Waals surface area contributed by atoms with Gasteiger partial charge in [-0.15, -0.1) is 0 Å². The maximum atomic E-state index is 13.1. The Bertz CT molecular complexity index is 1540. The Balaban J connectivity index is 1.76. The summed E-state index contributed by atoms with van der Waals surface area (Å²) in [6.07, 6.45) is -2.37. The maximum absolute atomic E-state index is 13.1. The molecule has 0 saturated carbocycles. The van der Waals surface area contributed by atoms with Crippen molar-refractivity contribution in [1.82, 2.24) is 24.8 Å². The summed E-state index contributed by atoms with van der Waals surface area (Å²) in [6.45, 7) is 4.34. The van der Waals surface area contributed by atoms with E-state index in [9.17, 15) is 28.0 Å². The van der Waals surface area contributed by atoms with E-state index in [2.05, 4.69) is 15.3 Å². The van der Waals surface area contributed by atoms with Crippen molar-refractivity contribution in [2.75, 3.05) is 18.0 Å². The molecule has 2 unspecified atom stereocenters. The van der Waals surface area contributed by atoms with Gasteiger partial charge in [0.05, 0.1) is 11.1 Å². The summed E-state index contributed by atoms with van der Waals surface area (Å²) in [5.74, 6) is -0.350. The van der Waals surface area contributed by atoms with Gasteiger partial charge < -0.3 is 4.90 Å². The van der Waals surface area contributed by atoms with Crippen LogP contribution in [0.15, 0.2) is 41.2 Å². The van der Waals surface area contributed by atoms with Gasteiger partial charge in [-0.25, -0.2) is 9.78 Å². The summed E-state index contributed by atoms with van der Waals surface area (Å²) in [4.78, 5) is 38.2. The van der Waals surface area contributed by atoms with E-state index in [1.807, 2.05) is 29.7 Å². The predicted octanol–water partition coefficient (Wildman–Crippen LogP) is 2.85. The monoisotopic (exact) mass is 538 g/mol. The molecule has 0 radical (unpaired) electrons. The van der Waals surface area contributed by atoms with Crippen molar-refractivity contribution in [2.24, 2.45) is 7.05 Å². The molecule has 1 saturated heterocycles. The first-order valence-corrected chi connectivity index (χ1v) is 12.2. The van der Waals surface area contributed by atoms with Crippen molar-refractivity contribution < 1.29 is 18.0 Å². The molecule has 39 heavy (non-hydrogen) atoms. The van der Waals surface area contributed by atoms with Crippen LogP contribution in [-0.2, 0) is 18.0 Å². The second-order valence-electron chi connectivity index (χ2n) is 9.34. The standard InChI is InChI=1S/C26H25F3N8O2/c1-4-19-13-36(23-21-20(35(3)25(39)34-23)10-9-18(11-30)33-21)15(2)12-37(19)22(24(38)32-14-31)16-5-7-17(8-6-16)26(27,28)29/h5-10,15,19,22H,4,12-13H2,1-3H3,(H,32,38)/t15?,19-,22?/m1/s1. The van der Waals surface area contributed by atoms with Gasteiger partial charge in [0.15, 0.2) is 12.0 Å². The first-order valence-electron chi connectivity index (χ1n) is 12.2. The number of aromatic nitrogens is 3. The van der Waals surface area contributed by atoms with Crippen LogP contribution in [0.3, 0.4) is 0 Å². The Hall–Kier alpha value is -4.49. The topological polar surface area (TPSA) is 131 Å². The number of halogens is 3. The largest absolute Gasteiger partial charge is 0.416 e. The summed E-state index contributed by atoms with van der Waals surface area (Å²) >= 11 is 0. The lowest BCUT2D eigenvalue weighted by atomic mass is 9.96. The van der Waals surface area contributed by atoms with Gasteiger partial charge in [0, 0.05) is 32.2 Å². The molecule has 1 amide bonds. The number of hydrogen-bond donors (Lipinski definition) is 1. The Morgan fingerprint density at radius 3 is 2.44 bits per heavy atom. The number of carbonyl (C=O) groups excluding carboxylic acids is 1. The van der Waals surface area contributed by atoms with Gasteiger partial charge in [0.2, 0.25) is 0 Å². The van der Waals surface area contributed by atoms with Gasteiger partial charge in [-0.05, 0) is 43.2 Å². The average molecular weight is 539 g/mol. The average Bonchev–Trinajstić information content (AvgIpc) is 2.91. The highest BCUT2D eigenvalue weighted by Crippen LogP contribution is 2.35. The fourth-order valence-corrected chi connectivity index (χ4v) is 4.98. The number of amides is 1. The molecule has 3 aromatic rings. The van der Waals surface area contributed by atoms with Crippen molar-refractivity contribution in [3.8, 4) is 12.3 Å². The lowest BCUT2D eigenvalue weighted by molar-refractivity contribution is -0.137. The molecule has 13 heteroatoms. The summed E-state index contributed by atoms with van der Waals surface area (Å²) < 4.78 is 40.8. The van der Waals surface area contributed by atoms with Gasteiger partial charge in [-0.3, -0.25) is 19.6 Å². The van der Waals surface area contributed by atoms with Crippen molar-refractivity contribution in [1.29, 1.82) is 10.5 Å². The third kappa shape index (κ3) is 5.26. The molecule has 3 atom stereocenters. The molecule has 4 rings (SSSR count). The zero-order valence-corrected chi connectivity index (χ0v) is 21.4. The van der Waals surface area contributed by atoms with Gasteiger partial charge in [0.1, 0.15) is 23.3 Å². The number of aryl methyl sites for hydroxylation is 1. The summed E-state index contributed by atoms with van der Waals surface area (Å²) in [5, 5.41) is 20.6. The van der Waals surface area contributed by atoms with E-state index in [1.54, 1.807) is 19.3 Å². The van der Waals surface area contributed by atoms with Crippen molar-refractivity contribution in [3.63, 3.8) is 0 Å². The molecule has 0 bridgehead atoms. The van der Waals surface area contributed by atoms with E-state index in [-0.39, 0.29) is 24.3 Å². The maximum Gasteiger partial charge on any atom is 0.416 e. The number of piperazine rings is 1. The molecule has 0 aliphatic carbocycles. The summed E-state index contributed by atoms with van der Waals surface area (Å²) in [6, 6.07) is 7.81. The van der Waals surface area contributed by atoms with E-state index in [4.69, 9.17) is 5.26 Å². The molecule has 3 heterocycles. The number of fused-ring (bicyclic) bond motifs is 1. The van der Waals surface area contributed by atoms with E-state index in [1.165, 1.54) is 22.8 Å². The normalized spacial score (nSPS) is 18.8. The number of alkyl halides is 3. The molecule has 10 nitrogen and oxygen atoms in total. The minimum absolute atomic E-state index is 0.165. The Morgan fingerprint density at radius 2 is 1.85 bits per heavy atom. The second kappa shape index (κ2) is 10.7. The van der Waals surface area contributed by atoms with Crippen LogP contribution in [-0.4, -0.2) is 50.5 Å². The lowest BCUT2D eigenvalue weighted by Gasteiger charge is -2.48. The Kier molecular flexibility index (Phi) is 7.56. The number of anilines is 1. The number of pyridine rings is 1. The Labute approximate surface area is 221 Å². The van der Waals surface area contributed by atoms with E-state index in [0.717, 1.165) is 12.1 Å². The smallest absolute Gasteiger partial charge is 0.349 e. The highest BCUT2D eigenvalue weighted by atomic mass is 19.4. The highest BCUT2D eigenvalue weighted by Gasteiger charge is 2.40. The van der Waals surface area contributed by atoms with Crippen LogP contribution in [0.25, 0.3) is 11.0 Å². The minimum Gasteiger partial charge on any atom is -0.349 e. The number of hydrogen-bond acceptors (Lipinski definition) is 8. The van der Waals surface area contributed by atoms with Crippen molar-refractivity contribution in [2.45, 2.75) is 44.6 Å². The quantitative estimate of drug-likeness (QED) is 0.388. The molecule has 1 aromatic carbocycles. The SMILES string of the molecule is CC[C@@H]1CN(c2nc(=O)n(C)c3ccc(C#N)nc23)C(C)CN1C(C(=O)NC#N)c1ccc(C(F)(F)F)cc1. The van der Waals surface area contributed by atoms with E-state index >= 15 is 0 Å². The minimum atomic E-state index is -4.53. The molecular formula is C26H25F3N8O2. The first kappa shape index (κ1) is 27.5. The van der Waals surface area contributed by atoms with Crippen LogP contribution in [0.5, 0.6) is 0 Å². The molecule has 1 fully saturated rings. The van der Waals surface area contributed by atoms with Gasteiger partial charge in [0.25, 0.3) is 5.91 Å². The molecular weight excluding hydrogens is 513 g/mol. The van der Waals surface area contributed by atoms with Crippen LogP contribution >= 0.6 is 0 Å². The van der Waals surface area contributed by atoms with Gasteiger partial charge in [-0.2, -0.15) is 28.7 Å². The fraction of sp³-hybridized carbons (Fsp3) is 0.385. The summed E-state index contributed by atoms with van der Waals surface area (Å²) in [5.41, 5.74) is 0.0208. The molecule has 2 aromatic heterocycles. The van der Waals surface area contributed by atoms with Crippen LogP contribution in [0, 0.1) is 22.8 Å². The number of nitrogens with zero attached hydrogens (tertiary/aromatic N) is 7. The molecule has 0 spiro atoms. The highest BCUT2D eigenvalue weighted by molar-refractivity contribution is 5.87. The zero-order chi connectivity index (χ0) is 28.5. The second-order valence-corrected chi connectivity index (χ2v) is 9.34. The van der Waals surface area contributed by atoms with Crippen molar-refractivity contribution in [3.05, 3.63) is 63.7 Å². The number of rotatable bonds is 5. The van der Waals surface area contributed by atoms with Crippen LogP contribution in [0.1, 0.15) is 43.1 Å². The molecule has 1 aliphatic rings. The first-order chi connectivity index (χ1) is 18.5. The van der Waals surface area contributed by atoms with Crippen molar-refractivity contribution >= 4 is 22.8 Å². The third-order valence-corrected chi connectivity index (χ3v) is 6.99. The number of benzene rings is 1. The molecule has 202 valence electrons. The van der Waals surface area contributed by atoms with Gasteiger partial charge >= 0.3 is 11.9 Å². The Morgan fingerprint density at radius 1 is 1.15 bits per heavy atom. The van der Waals surface area contributed by atoms with E-state index in [0.29, 0.717) is 35.4 Å².